The average Bonchev–Trinajstić information content (AvgIpc) is 2.76. The van der Waals surface area contributed by atoms with E-state index in [1.54, 1.807) is 10.9 Å². The minimum absolute atomic E-state index is 0.332. The second-order valence-electron chi connectivity index (χ2n) is 4.85. The van der Waals surface area contributed by atoms with Gasteiger partial charge in [-0.25, -0.2) is 0 Å². The quantitative estimate of drug-likeness (QED) is 0.788. The molecule has 2 N–H and O–H groups in total. The molecule has 0 saturated heterocycles. The summed E-state index contributed by atoms with van der Waals surface area (Å²) in [6.45, 7) is 1.97. The Kier molecular flexibility index (Phi) is 3.20. The summed E-state index contributed by atoms with van der Waals surface area (Å²) in [4.78, 5) is 4.53. The maximum atomic E-state index is 6.42. The topological polar surface area (TPSA) is 56.7 Å². The summed E-state index contributed by atoms with van der Waals surface area (Å²) in [5, 5.41) is 5.78. The van der Waals surface area contributed by atoms with Gasteiger partial charge >= 0.3 is 0 Å². The number of para-hydroxylation sites is 1. The summed E-state index contributed by atoms with van der Waals surface area (Å²) in [5.41, 5.74) is 10.1. The number of halogens is 1. The largest absolute Gasteiger partial charge is 0.319 e. The molecule has 0 radical (unpaired) electrons. The van der Waals surface area contributed by atoms with E-state index in [1.165, 1.54) is 0 Å². The first-order valence-electron chi connectivity index (χ1n) is 6.37. The molecule has 0 fully saturated rings. The van der Waals surface area contributed by atoms with Gasteiger partial charge in [0, 0.05) is 18.1 Å². The number of benzene rings is 1. The molecule has 0 spiro atoms. The molecule has 102 valence electrons. The SMILES string of the molecule is Cc1cc(C(N)c2c(Cl)cnn2C)c2ccccc2n1. The molecular weight excluding hydrogens is 272 g/mol. The molecule has 1 atom stereocenters. The first-order valence-corrected chi connectivity index (χ1v) is 6.75. The lowest BCUT2D eigenvalue weighted by molar-refractivity contribution is 0.675. The van der Waals surface area contributed by atoms with Gasteiger partial charge in [-0.05, 0) is 24.6 Å². The van der Waals surface area contributed by atoms with Crippen LogP contribution in [0.2, 0.25) is 5.02 Å². The minimum Gasteiger partial charge on any atom is -0.319 e. The van der Waals surface area contributed by atoms with E-state index >= 15 is 0 Å². The lowest BCUT2D eigenvalue weighted by Crippen LogP contribution is -2.17. The summed E-state index contributed by atoms with van der Waals surface area (Å²) in [5.74, 6) is 0. The Hall–Kier alpha value is -1.91. The van der Waals surface area contributed by atoms with E-state index in [1.807, 2.05) is 44.3 Å². The van der Waals surface area contributed by atoms with E-state index in [0.29, 0.717) is 5.02 Å². The van der Waals surface area contributed by atoms with Crippen LogP contribution >= 0.6 is 11.6 Å². The zero-order valence-electron chi connectivity index (χ0n) is 11.3. The van der Waals surface area contributed by atoms with Crippen molar-refractivity contribution in [3.63, 3.8) is 0 Å². The van der Waals surface area contributed by atoms with Gasteiger partial charge in [0.2, 0.25) is 0 Å². The molecule has 20 heavy (non-hydrogen) atoms. The van der Waals surface area contributed by atoms with Gasteiger partial charge in [-0.1, -0.05) is 29.8 Å². The van der Waals surface area contributed by atoms with Crippen LogP contribution in [0.3, 0.4) is 0 Å². The van der Waals surface area contributed by atoms with Crippen molar-refractivity contribution < 1.29 is 0 Å². The van der Waals surface area contributed by atoms with Crippen LogP contribution in [0.15, 0.2) is 36.5 Å². The van der Waals surface area contributed by atoms with Crippen LogP contribution in [-0.2, 0) is 7.05 Å². The normalized spacial score (nSPS) is 12.8. The molecule has 0 bridgehead atoms. The second kappa shape index (κ2) is 4.89. The van der Waals surface area contributed by atoms with E-state index in [-0.39, 0.29) is 6.04 Å². The molecule has 1 unspecified atom stereocenters. The van der Waals surface area contributed by atoms with Crippen molar-refractivity contribution in [3.05, 3.63) is 58.5 Å². The fourth-order valence-electron chi connectivity index (χ4n) is 2.51. The van der Waals surface area contributed by atoms with Crippen LogP contribution in [0.1, 0.15) is 23.0 Å². The molecule has 3 aromatic rings. The number of hydrogen-bond donors (Lipinski definition) is 1. The van der Waals surface area contributed by atoms with Crippen LogP contribution in [0, 0.1) is 6.92 Å². The third-order valence-corrected chi connectivity index (χ3v) is 3.73. The van der Waals surface area contributed by atoms with Gasteiger partial charge in [-0.15, -0.1) is 0 Å². The van der Waals surface area contributed by atoms with Crippen molar-refractivity contribution in [1.29, 1.82) is 0 Å². The van der Waals surface area contributed by atoms with E-state index < -0.39 is 0 Å². The number of hydrogen-bond acceptors (Lipinski definition) is 3. The summed E-state index contributed by atoms with van der Waals surface area (Å²) < 4.78 is 1.72. The molecule has 3 rings (SSSR count). The minimum atomic E-state index is -0.332. The van der Waals surface area contributed by atoms with Crippen molar-refractivity contribution in [3.8, 4) is 0 Å². The molecule has 0 aliphatic rings. The fraction of sp³-hybridized carbons (Fsp3) is 0.200. The molecule has 1 aromatic carbocycles. The highest BCUT2D eigenvalue weighted by molar-refractivity contribution is 6.31. The zero-order valence-corrected chi connectivity index (χ0v) is 12.1. The molecule has 0 saturated carbocycles. The molecule has 0 aliphatic heterocycles. The van der Waals surface area contributed by atoms with Crippen molar-refractivity contribution >= 4 is 22.5 Å². The van der Waals surface area contributed by atoms with Gasteiger partial charge in [-0.2, -0.15) is 5.10 Å². The van der Waals surface area contributed by atoms with Crippen LogP contribution in [0.25, 0.3) is 10.9 Å². The molecule has 5 heteroatoms. The Morgan fingerprint density at radius 1 is 1.30 bits per heavy atom. The van der Waals surface area contributed by atoms with Gasteiger partial charge in [0.1, 0.15) is 0 Å². The van der Waals surface area contributed by atoms with Crippen molar-refractivity contribution in [2.24, 2.45) is 12.8 Å². The van der Waals surface area contributed by atoms with E-state index in [9.17, 15) is 0 Å². The van der Waals surface area contributed by atoms with Crippen LogP contribution < -0.4 is 5.73 Å². The summed E-state index contributed by atoms with van der Waals surface area (Å²) >= 11 is 6.20. The Morgan fingerprint density at radius 2 is 2.05 bits per heavy atom. The van der Waals surface area contributed by atoms with Crippen LogP contribution in [0.4, 0.5) is 0 Å². The van der Waals surface area contributed by atoms with E-state index in [0.717, 1.165) is 27.9 Å². The first kappa shape index (κ1) is 13.1. The number of pyridine rings is 1. The van der Waals surface area contributed by atoms with Crippen molar-refractivity contribution in [2.45, 2.75) is 13.0 Å². The molecule has 4 nitrogen and oxygen atoms in total. The number of aromatic nitrogens is 3. The highest BCUT2D eigenvalue weighted by Crippen LogP contribution is 2.30. The highest BCUT2D eigenvalue weighted by Gasteiger charge is 2.19. The number of fused-ring (bicyclic) bond motifs is 1. The van der Waals surface area contributed by atoms with Gasteiger partial charge < -0.3 is 5.73 Å². The predicted molar refractivity (Wildman–Crippen MR) is 80.7 cm³/mol. The summed E-state index contributed by atoms with van der Waals surface area (Å²) in [7, 11) is 1.84. The number of nitrogens with two attached hydrogens (primary N) is 1. The second-order valence-corrected chi connectivity index (χ2v) is 5.26. The number of aryl methyl sites for hydroxylation is 2. The maximum absolute atomic E-state index is 6.42. The van der Waals surface area contributed by atoms with E-state index in [2.05, 4.69) is 10.1 Å². The van der Waals surface area contributed by atoms with Crippen LogP contribution in [0.5, 0.6) is 0 Å². The van der Waals surface area contributed by atoms with Gasteiger partial charge in [-0.3, -0.25) is 9.67 Å². The smallest absolute Gasteiger partial charge is 0.0837 e. The summed E-state index contributed by atoms with van der Waals surface area (Å²) in [6, 6.07) is 9.66. The van der Waals surface area contributed by atoms with Gasteiger partial charge in [0.05, 0.1) is 28.5 Å². The molecule has 2 aromatic heterocycles. The predicted octanol–water partition coefficient (Wildman–Crippen LogP) is 2.98. The molecule has 0 aliphatic carbocycles. The Labute approximate surface area is 122 Å². The fourth-order valence-corrected chi connectivity index (χ4v) is 2.80. The molecule has 2 heterocycles. The monoisotopic (exact) mass is 286 g/mol. The van der Waals surface area contributed by atoms with Gasteiger partial charge in [0.25, 0.3) is 0 Å². The number of nitrogens with zero attached hydrogens (tertiary/aromatic N) is 3. The number of rotatable bonds is 2. The standard InChI is InChI=1S/C15H15ClN4/c1-9-7-11(10-5-3-4-6-13(10)19-9)14(17)15-12(16)8-18-20(15)2/h3-8,14H,17H2,1-2H3. The lowest BCUT2D eigenvalue weighted by Gasteiger charge is -2.16. The maximum Gasteiger partial charge on any atom is 0.0837 e. The Bertz CT molecular complexity index is 759. The zero-order chi connectivity index (χ0) is 14.3. The van der Waals surface area contributed by atoms with E-state index in [4.69, 9.17) is 17.3 Å². The first-order chi connectivity index (χ1) is 9.58. The van der Waals surface area contributed by atoms with Crippen molar-refractivity contribution in [2.75, 3.05) is 0 Å². The third kappa shape index (κ3) is 2.07. The van der Waals surface area contributed by atoms with Crippen LogP contribution in [-0.4, -0.2) is 14.8 Å². The Balaban J connectivity index is 2.24. The third-order valence-electron chi connectivity index (χ3n) is 3.44. The Morgan fingerprint density at radius 3 is 2.75 bits per heavy atom. The average molecular weight is 287 g/mol. The molecule has 0 amide bonds. The summed E-state index contributed by atoms with van der Waals surface area (Å²) in [6.07, 6.45) is 1.62. The van der Waals surface area contributed by atoms with Crippen molar-refractivity contribution in [1.82, 2.24) is 14.8 Å². The molecular formula is C15H15ClN4. The highest BCUT2D eigenvalue weighted by atomic mass is 35.5. The lowest BCUT2D eigenvalue weighted by atomic mass is 9.99. The van der Waals surface area contributed by atoms with Gasteiger partial charge in [0.15, 0.2) is 0 Å².